The zero-order chi connectivity index (χ0) is 16.4. The molecule has 0 N–H and O–H groups in total. The van der Waals surface area contributed by atoms with E-state index in [2.05, 4.69) is 60.7 Å². The Morgan fingerprint density at radius 3 is 1.50 bits per heavy atom. The quantitative estimate of drug-likeness (QED) is 0.782. The highest BCUT2D eigenvalue weighted by Crippen LogP contribution is 2.92. The van der Waals surface area contributed by atoms with Gasteiger partial charge in [-0.15, -0.1) is 0 Å². The van der Waals surface area contributed by atoms with Crippen LogP contribution in [0, 0.1) is 11.8 Å². The van der Waals surface area contributed by atoms with Crippen LogP contribution < -0.4 is 0 Å². The third kappa shape index (κ3) is 1.21. The number of ether oxygens (including phenoxy) is 2. The van der Waals surface area contributed by atoms with Crippen LogP contribution in [0.5, 0.6) is 0 Å². The van der Waals surface area contributed by atoms with Gasteiger partial charge in [-0.05, 0) is 35.8 Å². The predicted octanol–water partition coefficient (Wildman–Crippen LogP) is 4.30. The number of fused-ring (bicyclic) bond motifs is 4. The summed E-state index contributed by atoms with van der Waals surface area (Å²) in [5.41, 5.74) is 2.65. The first-order chi connectivity index (χ1) is 11.8. The lowest BCUT2D eigenvalue weighted by Crippen LogP contribution is -2.49. The molecule has 0 unspecified atom stereocenters. The molecule has 0 aliphatic heterocycles. The molecule has 3 aliphatic rings. The summed E-state index contributed by atoms with van der Waals surface area (Å²) < 4.78 is 12.4. The molecule has 24 heavy (non-hydrogen) atoms. The fraction of sp³-hybridized carbons (Fsp3) is 0.455. The summed E-state index contributed by atoms with van der Waals surface area (Å²) >= 11 is 0. The molecule has 2 aromatic rings. The van der Waals surface area contributed by atoms with Gasteiger partial charge in [-0.2, -0.15) is 0 Å². The molecule has 3 saturated carbocycles. The summed E-state index contributed by atoms with van der Waals surface area (Å²) in [7, 11) is 3.65. The van der Waals surface area contributed by atoms with Crippen LogP contribution in [0.15, 0.2) is 60.7 Å². The lowest BCUT2D eigenvalue weighted by molar-refractivity contribution is -0.152. The van der Waals surface area contributed by atoms with E-state index in [0.717, 1.165) is 0 Å². The molecule has 4 atom stereocenters. The molecule has 124 valence electrons. The molecule has 5 rings (SSSR count). The molecule has 2 heteroatoms. The first kappa shape index (κ1) is 14.7. The van der Waals surface area contributed by atoms with Crippen molar-refractivity contribution in [1.82, 2.24) is 0 Å². The highest BCUT2D eigenvalue weighted by Gasteiger charge is 3.01. The van der Waals surface area contributed by atoms with Crippen LogP contribution in [0.3, 0.4) is 0 Å². The maximum absolute atomic E-state index is 6.21. The topological polar surface area (TPSA) is 18.5 Å². The Bertz CT molecular complexity index is 691. The second-order valence-electron chi connectivity index (χ2n) is 7.52. The minimum atomic E-state index is -0.543. The monoisotopic (exact) mass is 320 g/mol. The molecule has 0 bridgehead atoms. The van der Waals surface area contributed by atoms with Gasteiger partial charge in [0.2, 0.25) is 0 Å². The van der Waals surface area contributed by atoms with E-state index in [1.54, 1.807) is 0 Å². The first-order valence-electron chi connectivity index (χ1n) is 9.02. The number of hydrogen-bond donors (Lipinski definition) is 0. The standard InChI is InChI=1S/C22H24O2/c1-23-22(24-2)20(16-10-5-3-6-11-16)18-14-9-15-19(18)21(20,22)17-12-7-4-8-13-17/h3-8,10-13,18-19H,9,14-15H2,1-2H3/t18-,19+,20+,21-. The van der Waals surface area contributed by atoms with E-state index in [0.29, 0.717) is 11.8 Å². The number of benzene rings is 2. The van der Waals surface area contributed by atoms with Gasteiger partial charge in [0.15, 0.2) is 5.79 Å². The molecule has 0 heterocycles. The molecule has 2 nitrogen and oxygen atoms in total. The van der Waals surface area contributed by atoms with Crippen molar-refractivity contribution < 1.29 is 9.47 Å². The molecular formula is C22H24O2. The number of methoxy groups -OCH3 is 2. The Balaban J connectivity index is 1.80. The van der Waals surface area contributed by atoms with E-state index in [1.807, 2.05) is 14.2 Å². The molecule has 3 aliphatic carbocycles. The summed E-state index contributed by atoms with van der Waals surface area (Å²) in [5, 5.41) is 0. The minimum absolute atomic E-state index is 0.0483. The molecule has 3 fully saturated rings. The second-order valence-corrected chi connectivity index (χ2v) is 7.52. The van der Waals surface area contributed by atoms with Crippen LogP contribution in [-0.2, 0) is 20.3 Å². The van der Waals surface area contributed by atoms with Crippen LogP contribution in [0.1, 0.15) is 30.4 Å². The Hall–Kier alpha value is -1.64. The number of rotatable bonds is 4. The SMILES string of the molecule is COC1(OC)[C@]2(c3ccccc3)[C@H]3CCC[C@H]3[C@]12c1ccccc1. The van der Waals surface area contributed by atoms with Crippen molar-refractivity contribution in [3.63, 3.8) is 0 Å². The van der Waals surface area contributed by atoms with Gasteiger partial charge < -0.3 is 9.47 Å². The molecule has 0 amide bonds. The normalized spacial score (nSPS) is 38.1. The van der Waals surface area contributed by atoms with E-state index in [4.69, 9.17) is 9.47 Å². The van der Waals surface area contributed by atoms with Crippen molar-refractivity contribution in [2.45, 2.75) is 35.9 Å². The lowest BCUT2D eigenvalue weighted by atomic mass is 9.54. The van der Waals surface area contributed by atoms with Gasteiger partial charge in [-0.3, -0.25) is 0 Å². The average Bonchev–Trinajstić information content (AvgIpc) is 2.86. The smallest absolute Gasteiger partial charge is 0.189 e. The van der Waals surface area contributed by atoms with Crippen LogP contribution >= 0.6 is 0 Å². The van der Waals surface area contributed by atoms with Gasteiger partial charge in [-0.1, -0.05) is 67.1 Å². The third-order valence-corrected chi connectivity index (χ3v) is 7.26. The molecule has 0 aromatic heterocycles. The second kappa shape index (κ2) is 4.71. The number of hydrogen-bond acceptors (Lipinski definition) is 2. The van der Waals surface area contributed by atoms with Gasteiger partial charge in [0, 0.05) is 14.2 Å². The average molecular weight is 320 g/mol. The minimum Gasteiger partial charge on any atom is -0.351 e. The molecular weight excluding hydrogens is 296 g/mol. The van der Waals surface area contributed by atoms with Crippen LogP contribution in [-0.4, -0.2) is 20.0 Å². The van der Waals surface area contributed by atoms with Crippen molar-refractivity contribution in [3.05, 3.63) is 71.8 Å². The summed E-state index contributed by atoms with van der Waals surface area (Å²) in [5.74, 6) is 0.762. The van der Waals surface area contributed by atoms with E-state index in [-0.39, 0.29) is 10.8 Å². The third-order valence-electron chi connectivity index (χ3n) is 7.26. The molecule has 2 aromatic carbocycles. The zero-order valence-electron chi connectivity index (χ0n) is 14.4. The maximum atomic E-state index is 6.21. The van der Waals surface area contributed by atoms with Crippen molar-refractivity contribution in [2.75, 3.05) is 14.2 Å². The van der Waals surface area contributed by atoms with Gasteiger partial charge in [0.05, 0.1) is 10.8 Å². The fourth-order valence-corrected chi connectivity index (χ4v) is 6.92. The Morgan fingerprint density at radius 1 is 0.708 bits per heavy atom. The summed E-state index contributed by atoms with van der Waals surface area (Å²) in [6.07, 6.45) is 3.88. The van der Waals surface area contributed by atoms with Crippen LogP contribution in [0.4, 0.5) is 0 Å². The molecule has 0 spiro atoms. The molecule has 0 radical (unpaired) electrons. The van der Waals surface area contributed by atoms with Gasteiger partial charge in [0.25, 0.3) is 0 Å². The fourth-order valence-electron chi connectivity index (χ4n) is 6.92. The van der Waals surface area contributed by atoms with Crippen LogP contribution in [0.25, 0.3) is 0 Å². The summed E-state index contributed by atoms with van der Waals surface area (Å²) in [6.45, 7) is 0. The van der Waals surface area contributed by atoms with Crippen molar-refractivity contribution in [1.29, 1.82) is 0 Å². The van der Waals surface area contributed by atoms with Crippen molar-refractivity contribution in [3.8, 4) is 0 Å². The van der Waals surface area contributed by atoms with E-state index in [9.17, 15) is 0 Å². The summed E-state index contributed by atoms with van der Waals surface area (Å²) in [4.78, 5) is 0. The van der Waals surface area contributed by atoms with Crippen molar-refractivity contribution >= 4 is 0 Å². The Kier molecular flexibility index (Phi) is 2.88. The first-order valence-corrected chi connectivity index (χ1v) is 9.02. The largest absolute Gasteiger partial charge is 0.351 e. The Morgan fingerprint density at radius 2 is 1.12 bits per heavy atom. The van der Waals surface area contributed by atoms with Crippen molar-refractivity contribution in [2.24, 2.45) is 11.8 Å². The zero-order valence-corrected chi connectivity index (χ0v) is 14.4. The highest BCUT2D eigenvalue weighted by atomic mass is 16.7. The lowest BCUT2D eigenvalue weighted by Gasteiger charge is -2.46. The van der Waals surface area contributed by atoms with Gasteiger partial charge >= 0.3 is 0 Å². The van der Waals surface area contributed by atoms with E-state index in [1.165, 1.54) is 30.4 Å². The summed E-state index contributed by atoms with van der Waals surface area (Å²) in [6, 6.07) is 21.9. The van der Waals surface area contributed by atoms with Gasteiger partial charge in [-0.25, -0.2) is 0 Å². The van der Waals surface area contributed by atoms with Gasteiger partial charge in [0.1, 0.15) is 0 Å². The van der Waals surface area contributed by atoms with E-state index >= 15 is 0 Å². The Labute approximate surface area is 143 Å². The highest BCUT2D eigenvalue weighted by molar-refractivity contribution is 5.65. The van der Waals surface area contributed by atoms with Crippen LogP contribution in [0.2, 0.25) is 0 Å². The predicted molar refractivity (Wildman–Crippen MR) is 93.8 cm³/mol. The molecule has 0 saturated heterocycles. The van der Waals surface area contributed by atoms with E-state index < -0.39 is 5.79 Å². The maximum Gasteiger partial charge on any atom is 0.189 e.